The summed E-state index contributed by atoms with van der Waals surface area (Å²) in [5.74, 6) is -1.95. The van der Waals surface area contributed by atoms with E-state index >= 15 is 0 Å². The van der Waals surface area contributed by atoms with Crippen molar-refractivity contribution in [3.05, 3.63) is 71.0 Å². The van der Waals surface area contributed by atoms with E-state index < -0.39 is 59.0 Å². The summed E-state index contributed by atoms with van der Waals surface area (Å²) in [5, 5.41) is 12.5. The SMILES string of the molecule is CC(=O)O[C@H](C(=O)O[C@@H](C)C(=O)OC1=CC[C@]2(O)C3Cc4ccc(OC(=O)OC(C)(C)C)c5c4[C@@]2(CCN3C)[C@H]1O5)c1ccccc1. The zero-order valence-corrected chi connectivity index (χ0v) is 27.2. The van der Waals surface area contributed by atoms with Gasteiger partial charge in [-0.2, -0.15) is 0 Å². The van der Waals surface area contributed by atoms with E-state index in [9.17, 15) is 24.3 Å². The lowest BCUT2D eigenvalue weighted by Crippen LogP contribution is -2.74. The van der Waals surface area contributed by atoms with Gasteiger partial charge in [-0.1, -0.05) is 36.4 Å². The Morgan fingerprint density at radius 1 is 1.02 bits per heavy atom. The van der Waals surface area contributed by atoms with Crippen molar-refractivity contribution in [1.29, 1.82) is 0 Å². The Kier molecular flexibility index (Phi) is 8.08. The van der Waals surface area contributed by atoms with Crippen LogP contribution < -0.4 is 9.47 Å². The summed E-state index contributed by atoms with van der Waals surface area (Å²) in [5.41, 5.74) is -1.04. The minimum Gasteiger partial charge on any atom is -0.477 e. The number of esters is 3. The van der Waals surface area contributed by atoms with E-state index in [1.807, 2.05) is 13.1 Å². The van der Waals surface area contributed by atoms with Gasteiger partial charge in [-0.3, -0.25) is 4.79 Å². The van der Waals surface area contributed by atoms with Gasteiger partial charge in [0.25, 0.3) is 0 Å². The van der Waals surface area contributed by atoms with Gasteiger partial charge in [-0.05, 0) is 71.8 Å². The molecule has 12 heteroatoms. The number of carbonyl (C=O) groups excluding carboxylic acids is 4. The molecule has 4 aliphatic rings. The van der Waals surface area contributed by atoms with Crippen LogP contribution in [0.4, 0.5) is 4.79 Å². The molecule has 2 bridgehead atoms. The van der Waals surface area contributed by atoms with Crippen LogP contribution in [0.3, 0.4) is 0 Å². The summed E-state index contributed by atoms with van der Waals surface area (Å²) >= 11 is 0. The van der Waals surface area contributed by atoms with Crippen LogP contribution in [0.1, 0.15) is 70.3 Å². The molecule has 1 unspecified atom stereocenters. The van der Waals surface area contributed by atoms with E-state index in [4.69, 9.17) is 28.4 Å². The molecule has 250 valence electrons. The number of rotatable bonds is 7. The van der Waals surface area contributed by atoms with Gasteiger partial charge in [0.1, 0.15) is 11.4 Å². The number of likely N-dealkylation sites (tertiary alicyclic amines) is 1. The molecule has 2 aromatic rings. The number of piperidine rings is 1. The van der Waals surface area contributed by atoms with Gasteiger partial charge < -0.3 is 38.4 Å². The highest BCUT2D eigenvalue weighted by Crippen LogP contribution is 2.65. The average molecular weight is 650 g/mol. The Balaban J connectivity index is 1.28. The fraction of sp³-hybridized carbons (Fsp3) is 0.486. The number of hydrogen-bond donors (Lipinski definition) is 1. The second-order valence-corrected chi connectivity index (χ2v) is 13.5. The third-order valence-electron chi connectivity index (χ3n) is 9.36. The van der Waals surface area contributed by atoms with E-state index in [1.165, 1.54) is 13.8 Å². The van der Waals surface area contributed by atoms with Gasteiger partial charge in [-0.15, -0.1) is 0 Å². The molecule has 2 heterocycles. The van der Waals surface area contributed by atoms with Crippen molar-refractivity contribution in [3.63, 3.8) is 0 Å². The zero-order chi connectivity index (χ0) is 33.9. The Morgan fingerprint density at radius 2 is 1.74 bits per heavy atom. The highest BCUT2D eigenvalue weighted by Gasteiger charge is 2.72. The molecular formula is C35H39NO11. The van der Waals surface area contributed by atoms with Crippen LogP contribution >= 0.6 is 0 Å². The molecule has 1 N–H and O–H groups in total. The molecule has 6 atom stereocenters. The van der Waals surface area contributed by atoms with Crippen LogP contribution in [0, 0.1) is 0 Å². The molecule has 1 spiro atoms. The van der Waals surface area contributed by atoms with E-state index in [0.29, 0.717) is 24.9 Å². The van der Waals surface area contributed by atoms with Crippen LogP contribution in [-0.2, 0) is 45.2 Å². The van der Waals surface area contributed by atoms with Crippen molar-refractivity contribution in [2.24, 2.45) is 0 Å². The first-order valence-corrected chi connectivity index (χ1v) is 15.7. The monoisotopic (exact) mass is 649 g/mol. The maximum atomic E-state index is 13.4. The second kappa shape index (κ2) is 11.7. The van der Waals surface area contributed by atoms with Gasteiger partial charge in [0.05, 0.1) is 11.0 Å². The van der Waals surface area contributed by atoms with Crippen molar-refractivity contribution < 1.29 is 52.7 Å². The van der Waals surface area contributed by atoms with Crippen molar-refractivity contribution in [2.75, 3.05) is 13.6 Å². The standard InChI is InChI=1S/C35H39NO11/c1-19(42-31(39)27(43-20(2)37)21-10-8-7-9-11-21)30(38)44-24-14-15-35(41)25-18-22-12-13-23(45-32(40)47-33(3,4)5)28-26(22)34(35,29(24)46-28)16-17-36(25)6/h7-14,19,25,27,29,41H,15-18H2,1-6H3/t19-,25?,27-,29-,34-,35-/m0/s1. The molecule has 2 aliphatic heterocycles. The predicted molar refractivity (Wildman–Crippen MR) is 164 cm³/mol. The molecule has 2 aromatic carbocycles. The Hall–Kier alpha value is -4.42. The van der Waals surface area contributed by atoms with E-state index in [1.54, 1.807) is 63.2 Å². The van der Waals surface area contributed by atoms with Crippen LogP contribution in [0.2, 0.25) is 0 Å². The topological polar surface area (TPSA) is 147 Å². The normalized spacial score (nSPS) is 26.8. The van der Waals surface area contributed by atoms with Crippen molar-refractivity contribution in [2.45, 2.75) is 94.9 Å². The van der Waals surface area contributed by atoms with E-state index in [0.717, 1.165) is 11.1 Å². The minimum absolute atomic E-state index is 0.131. The molecule has 0 radical (unpaired) electrons. The van der Waals surface area contributed by atoms with Gasteiger partial charge in [0.2, 0.25) is 6.10 Å². The lowest BCUT2D eigenvalue weighted by Gasteiger charge is -2.61. The molecule has 2 aliphatic carbocycles. The van der Waals surface area contributed by atoms with Crippen molar-refractivity contribution in [1.82, 2.24) is 4.90 Å². The largest absolute Gasteiger partial charge is 0.514 e. The molecule has 0 saturated carbocycles. The number of likely N-dealkylation sites (N-methyl/N-ethyl adjacent to an activating group) is 1. The third kappa shape index (κ3) is 5.53. The van der Waals surface area contributed by atoms with Crippen LogP contribution in [-0.4, -0.2) is 77.1 Å². The molecular weight excluding hydrogens is 610 g/mol. The first-order valence-electron chi connectivity index (χ1n) is 15.7. The first-order chi connectivity index (χ1) is 22.1. The summed E-state index contributed by atoms with van der Waals surface area (Å²) in [6.07, 6.45) is -1.80. The Morgan fingerprint density at radius 3 is 2.43 bits per heavy atom. The number of carbonyl (C=O) groups is 4. The zero-order valence-electron chi connectivity index (χ0n) is 27.2. The van der Waals surface area contributed by atoms with Crippen LogP contribution in [0.15, 0.2) is 54.3 Å². The number of ether oxygens (including phenoxy) is 6. The van der Waals surface area contributed by atoms with Crippen molar-refractivity contribution in [3.8, 4) is 11.5 Å². The summed E-state index contributed by atoms with van der Waals surface area (Å²) in [7, 11) is 1.97. The van der Waals surface area contributed by atoms with Crippen molar-refractivity contribution >= 4 is 24.1 Å². The maximum absolute atomic E-state index is 13.4. The number of benzene rings is 2. The highest BCUT2D eigenvalue weighted by molar-refractivity contribution is 5.84. The lowest BCUT2D eigenvalue weighted by atomic mass is 9.50. The number of aliphatic hydroxyl groups is 1. The van der Waals surface area contributed by atoms with E-state index in [-0.39, 0.29) is 29.7 Å². The predicted octanol–water partition coefficient (Wildman–Crippen LogP) is 4.06. The molecule has 12 nitrogen and oxygen atoms in total. The Bertz CT molecular complexity index is 1650. The van der Waals surface area contributed by atoms with Gasteiger partial charge in [-0.25, -0.2) is 14.4 Å². The minimum atomic E-state index is -1.38. The van der Waals surface area contributed by atoms with Gasteiger partial charge in [0.15, 0.2) is 23.7 Å². The van der Waals surface area contributed by atoms with Gasteiger partial charge >= 0.3 is 24.1 Å². The average Bonchev–Trinajstić information content (AvgIpc) is 3.35. The highest BCUT2D eigenvalue weighted by atomic mass is 16.7. The molecule has 1 fully saturated rings. The molecule has 6 rings (SSSR count). The second-order valence-electron chi connectivity index (χ2n) is 13.5. The van der Waals surface area contributed by atoms with Crippen LogP contribution in [0.25, 0.3) is 0 Å². The van der Waals surface area contributed by atoms with Gasteiger partial charge in [0, 0.05) is 30.5 Å². The Labute approximate surface area is 272 Å². The summed E-state index contributed by atoms with van der Waals surface area (Å²) in [4.78, 5) is 53.1. The number of hydrogen-bond acceptors (Lipinski definition) is 12. The van der Waals surface area contributed by atoms with E-state index in [2.05, 4.69) is 4.90 Å². The smallest absolute Gasteiger partial charge is 0.477 e. The van der Waals surface area contributed by atoms with Crippen LogP contribution in [0.5, 0.6) is 11.5 Å². The number of nitrogens with zero attached hydrogens (tertiary/aromatic N) is 1. The fourth-order valence-electron chi connectivity index (χ4n) is 7.40. The molecule has 47 heavy (non-hydrogen) atoms. The third-order valence-corrected chi connectivity index (χ3v) is 9.36. The summed E-state index contributed by atoms with van der Waals surface area (Å²) in [6.45, 7) is 8.34. The molecule has 0 aromatic heterocycles. The molecule has 0 amide bonds. The quantitative estimate of drug-likeness (QED) is 0.262. The summed E-state index contributed by atoms with van der Waals surface area (Å²) < 4.78 is 34.0. The first kappa shape index (κ1) is 32.5. The summed E-state index contributed by atoms with van der Waals surface area (Å²) in [6, 6.07) is 11.6. The fourth-order valence-corrected chi connectivity index (χ4v) is 7.40. The maximum Gasteiger partial charge on any atom is 0.514 e. The lowest BCUT2D eigenvalue weighted by molar-refractivity contribution is -0.180. The molecule has 1 saturated heterocycles.